The summed E-state index contributed by atoms with van der Waals surface area (Å²) < 4.78 is 46.5. The van der Waals surface area contributed by atoms with E-state index < -0.39 is 21.2 Å². The topological polar surface area (TPSA) is 69.7 Å². The summed E-state index contributed by atoms with van der Waals surface area (Å²) in [4.78, 5) is 0.896. The van der Waals surface area contributed by atoms with Crippen LogP contribution in [0.1, 0.15) is 39.2 Å². The van der Waals surface area contributed by atoms with Crippen molar-refractivity contribution < 1.29 is 17.7 Å². The first kappa shape index (κ1) is 24.1. The number of hydrogen-bond acceptors (Lipinski definition) is 4. The van der Waals surface area contributed by atoms with Gasteiger partial charge < -0.3 is 9.29 Å². The number of nitrogens with zero attached hydrogens (tertiary/aromatic N) is 1. The average Bonchev–Trinajstić information content (AvgIpc) is 2.78. The third-order valence-corrected chi connectivity index (χ3v) is 8.95. The van der Waals surface area contributed by atoms with E-state index in [-0.39, 0.29) is 10.8 Å². The van der Waals surface area contributed by atoms with Gasteiger partial charge in [-0.2, -0.15) is 0 Å². The van der Waals surface area contributed by atoms with Gasteiger partial charge in [0.1, 0.15) is 5.75 Å². The molecule has 0 aliphatic carbocycles. The average molecular weight is 464 g/mol. The fourth-order valence-corrected chi connectivity index (χ4v) is 6.71. The van der Waals surface area contributed by atoms with Gasteiger partial charge in [0, 0.05) is 25.7 Å². The maximum atomic E-state index is 13.5. The van der Waals surface area contributed by atoms with Crippen LogP contribution in [0.25, 0.3) is 0 Å². The second kappa shape index (κ2) is 10.9. The minimum Gasteiger partial charge on any atom is -0.611 e. The molecule has 31 heavy (non-hydrogen) atoms. The number of ether oxygens (including phenoxy) is 1. The van der Waals surface area contributed by atoms with Crippen LogP contribution < -0.4 is 4.31 Å². The van der Waals surface area contributed by atoms with Gasteiger partial charge in [-0.15, -0.1) is 0 Å². The van der Waals surface area contributed by atoms with Gasteiger partial charge in [-0.1, -0.05) is 32.9 Å². The molecular formula is C24H33NO4S2. The summed E-state index contributed by atoms with van der Waals surface area (Å²) in [5.41, 5.74) is 1.83. The normalized spacial score (nSPS) is 16.4. The van der Waals surface area contributed by atoms with Crippen LogP contribution >= 0.6 is 0 Å². The molecule has 0 aromatic heterocycles. The van der Waals surface area contributed by atoms with E-state index in [1.54, 1.807) is 24.3 Å². The first-order chi connectivity index (χ1) is 14.8. The van der Waals surface area contributed by atoms with Crippen LogP contribution in [0.2, 0.25) is 0 Å². The monoisotopic (exact) mass is 463 g/mol. The van der Waals surface area contributed by atoms with Gasteiger partial charge in [-0.25, -0.2) is 8.42 Å². The zero-order valence-electron chi connectivity index (χ0n) is 18.6. The standard InChI is InChI=1S/C24H33NO4S2/c1-4-20-5-7-22(8-6-20)25(17-19(2)3)31(27,28)24-11-9-23(10-12-24)30(26)18-21-13-15-29-16-14-21/h5-12,19,21H,4,13-18H2,1-3H3. The first-order valence-corrected chi connectivity index (χ1v) is 13.7. The summed E-state index contributed by atoms with van der Waals surface area (Å²) in [5.74, 6) is 1.16. The molecule has 170 valence electrons. The predicted octanol–water partition coefficient (Wildman–Crippen LogP) is 4.63. The molecule has 1 fully saturated rings. The molecule has 2 aromatic carbocycles. The van der Waals surface area contributed by atoms with Crippen molar-refractivity contribution in [3.05, 3.63) is 54.1 Å². The highest BCUT2D eigenvalue weighted by atomic mass is 32.2. The number of sulfonamides is 1. The van der Waals surface area contributed by atoms with Crippen LogP contribution in [0.5, 0.6) is 0 Å². The van der Waals surface area contributed by atoms with E-state index in [2.05, 4.69) is 6.92 Å². The molecule has 1 saturated heterocycles. The zero-order valence-corrected chi connectivity index (χ0v) is 20.3. The molecule has 2 aromatic rings. The van der Waals surface area contributed by atoms with Gasteiger partial charge in [0.05, 0.1) is 10.6 Å². The number of benzene rings is 2. The van der Waals surface area contributed by atoms with Crippen LogP contribution in [-0.2, 0) is 32.4 Å². The maximum Gasteiger partial charge on any atom is 0.264 e. The van der Waals surface area contributed by atoms with E-state index in [0.717, 1.165) is 32.5 Å². The summed E-state index contributed by atoms with van der Waals surface area (Å²) in [6.07, 6.45) is 2.77. The Morgan fingerprint density at radius 3 is 2.23 bits per heavy atom. The van der Waals surface area contributed by atoms with Crippen LogP contribution in [-0.4, -0.2) is 38.5 Å². The number of rotatable bonds is 9. The lowest BCUT2D eigenvalue weighted by Gasteiger charge is -2.26. The van der Waals surface area contributed by atoms with Crippen molar-refractivity contribution in [3.63, 3.8) is 0 Å². The Labute approximate surface area is 190 Å². The third-order valence-electron chi connectivity index (χ3n) is 5.57. The second-order valence-corrected chi connectivity index (χ2v) is 11.8. The van der Waals surface area contributed by atoms with Gasteiger partial charge in [0.25, 0.3) is 10.0 Å². The van der Waals surface area contributed by atoms with Crippen LogP contribution in [0, 0.1) is 11.8 Å². The lowest BCUT2D eigenvalue weighted by molar-refractivity contribution is 0.0723. The van der Waals surface area contributed by atoms with Crippen LogP contribution in [0.3, 0.4) is 0 Å². The smallest absolute Gasteiger partial charge is 0.264 e. The molecule has 3 rings (SSSR count). The molecule has 1 atom stereocenters. The van der Waals surface area contributed by atoms with Crippen molar-refractivity contribution in [1.29, 1.82) is 0 Å². The van der Waals surface area contributed by atoms with Crippen molar-refractivity contribution in [2.75, 3.05) is 29.8 Å². The van der Waals surface area contributed by atoms with E-state index in [1.807, 2.05) is 38.1 Å². The van der Waals surface area contributed by atoms with E-state index in [9.17, 15) is 13.0 Å². The molecule has 1 aliphatic rings. The number of hydrogen-bond donors (Lipinski definition) is 0. The van der Waals surface area contributed by atoms with Gasteiger partial charge in [0.15, 0.2) is 4.90 Å². The summed E-state index contributed by atoms with van der Waals surface area (Å²) in [7, 11) is -3.72. The van der Waals surface area contributed by atoms with Gasteiger partial charge in [-0.05, 0) is 78.3 Å². The Morgan fingerprint density at radius 2 is 1.68 bits per heavy atom. The van der Waals surface area contributed by atoms with Crippen LogP contribution in [0.4, 0.5) is 5.69 Å². The summed E-state index contributed by atoms with van der Waals surface area (Å²) in [5, 5.41) is 0. The molecule has 0 amide bonds. The van der Waals surface area contributed by atoms with Crippen molar-refractivity contribution in [2.24, 2.45) is 11.8 Å². The third kappa shape index (κ3) is 6.25. The molecule has 1 aliphatic heterocycles. The molecule has 0 spiro atoms. The summed E-state index contributed by atoms with van der Waals surface area (Å²) in [6.45, 7) is 7.93. The molecule has 0 saturated carbocycles. The molecule has 0 N–H and O–H groups in total. The van der Waals surface area contributed by atoms with Gasteiger partial charge >= 0.3 is 0 Å². The highest BCUT2D eigenvalue weighted by molar-refractivity contribution is 7.93. The molecule has 0 bridgehead atoms. The van der Waals surface area contributed by atoms with Gasteiger partial charge in [-0.3, -0.25) is 4.31 Å². The summed E-state index contributed by atoms with van der Waals surface area (Å²) in [6, 6.07) is 14.2. The summed E-state index contributed by atoms with van der Waals surface area (Å²) >= 11 is -1.14. The SMILES string of the molecule is CCc1ccc(N(CC(C)C)S(=O)(=O)c2ccc([S+]([O-])CC3CCOCC3)cc2)cc1. The van der Waals surface area contributed by atoms with Crippen molar-refractivity contribution in [1.82, 2.24) is 0 Å². The lowest BCUT2D eigenvalue weighted by atomic mass is 10.0. The molecular weight excluding hydrogens is 430 g/mol. The molecule has 0 radical (unpaired) electrons. The van der Waals surface area contributed by atoms with E-state index in [1.165, 1.54) is 9.87 Å². The van der Waals surface area contributed by atoms with E-state index >= 15 is 0 Å². The largest absolute Gasteiger partial charge is 0.611 e. The Kier molecular flexibility index (Phi) is 8.44. The fraction of sp³-hybridized carbons (Fsp3) is 0.500. The lowest BCUT2D eigenvalue weighted by Crippen LogP contribution is -2.34. The van der Waals surface area contributed by atoms with Crippen LogP contribution in [0.15, 0.2) is 58.3 Å². The highest BCUT2D eigenvalue weighted by Gasteiger charge is 2.27. The number of anilines is 1. The molecule has 1 heterocycles. The Bertz CT molecular complexity index is 921. The Morgan fingerprint density at radius 1 is 1.06 bits per heavy atom. The molecule has 5 nitrogen and oxygen atoms in total. The minimum absolute atomic E-state index is 0.173. The highest BCUT2D eigenvalue weighted by Crippen LogP contribution is 2.27. The van der Waals surface area contributed by atoms with Gasteiger partial charge in [0.2, 0.25) is 0 Å². The molecule has 7 heteroatoms. The Hall–Kier alpha value is -1.54. The fourth-order valence-electron chi connectivity index (χ4n) is 3.69. The van der Waals surface area contributed by atoms with Crippen molar-refractivity contribution >= 4 is 26.9 Å². The van der Waals surface area contributed by atoms with E-state index in [4.69, 9.17) is 4.74 Å². The Balaban J connectivity index is 1.80. The number of aryl methyl sites for hydroxylation is 1. The van der Waals surface area contributed by atoms with E-state index in [0.29, 0.717) is 28.8 Å². The quantitative estimate of drug-likeness (QED) is 0.508. The predicted molar refractivity (Wildman–Crippen MR) is 126 cm³/mol. The first-order valence-electron chi connectivity index (χ1n) is 11.0. The maximum absolute atomic E-state index is 13.5. The minimum atomic E-state index is -3.72. The van der Waals surface area contributed by atoms with Crippen molar-refractivity contribution in [3.8, 4) is 0 Å². The van der Waals surface area contributed by atoms with Crippen molar-refractivity contribution in [2.45, 2.75) is 49.8 Å². The zero-order chi connectivity index (χ0) is 22.4. The molecule has 1 unspecified atom stereocenters. The second-order valence-electron chi connectivity index (χ2n) is 8.49.